The first-order valence-corrected chi connectivity index (χ1v) is 6.44. The van der Waals surface area contributed by atoms with E-state index in [0.29, 0.717) is 22.6 Å². The first-order chi connectivity index (χ1) is 7.77. The lowest BCUT2D eigenvalue weighted by atomic mass is 10.0. The fraction of sp³-hybridized carbons (Fsp3) is 0.636. The van der Waals surface area contributed by atoms with Crippen molar-refractivity contribution in [2.45, 2.75) is 26.2 Å². The summed E-state index contributed by atoms with van der Waals surface area (Å²) >= 11 is 11.7. The third kappa shape index (κ3) is 4.54. The molecule has 1 aromatic heterocycles. The van der Waals surface area contributed by atoms with E-state index in [1.807, 2.05) is 0 Å². The molecule has 3 nitrogen and oxygen atoms in total. The molecule has 1 heterocycles. The van der Waals surface area contributed by atoms with Crippen molar-refractivity contribution in [3.05, 3.63) is 17.5 Å². The standard InChI is InChI=1S/C11H17Cl2N3/c1-2-3-9(4-5-12)6-15-11-10(13)7-14-8-16-11/h7-9H,2-6H2,1H3,(H,14,15,16). The molecule has 0 saturated heterocycles. The number of hydrogen-bond acceptors (Lipinski definition) is 3. The molecule has 1 N–H and O–H groups in total. The zero-order valence-electron chi connectivity index (χ0n) is 9.42. The molecule has 0 fully saturated rings. The van der Waals surface area contributed by atoms with Crippen LogP contribution in [-0.4, -0.2) is 22.4 Å². The lowest BCUT2D eigenvalue weighted by molar-refractivity contribution is 0.489. The normalized spacial score (nSPS) is 12.4. The number of nitrogens with one attached hydrogen (secondary N) is 1. The zero-order chi connectivity index (χ0) is 11.8. The van der Waals surface area contributed by atoms with E-state index in [0.717, 1.165) is 13.0 Å². The molecule has 0 bridgehead atoms. The topological polar surface area (TPSA) is 37.8 Å². The van der Waals surface area contributed by atoms with Gasteiger partial charge >= 0.3 is 0 Å². The molecule has 1 aromatic rings. The molecule has 0 spiro atoms. The molecule has 1 unspecified atom stereocenters. The highest BCUT2D eigenvalue weighted by atomic mass is 35.5. The van der Waals surface area contributed by atoms with Gasteiger partial charge in [0.05, 0.1) is 6.20 Å². The molecule has 0 aliphatic heterocycles. The van der Waals surface area contributed by atoms with Gasteiger partial charge in [-0.3, -0.25) is 0 Å². The van der Waals surface area contributed by atoms with Gasteiger partial charge in [-0.25, -0.2) is 9.97 Å². The summed E-state index contributed by atoms with van der Waals surface area (Å²) in [6.07, 6.45) is 6.44. The molecular weight excluding hydrogens is 245 g/mol. The minimum atomic E-state index is 0.559. The Morgan fingerprint density at radius 2 is 2.25 bits per heavy atom. The Balaban J connectivity index is 2.45. The van der Waals surface area contributed by atoms with Gasteiger partial charge in [-0.05, 0) is 18.8 Å². The summed E-state index contributed by atoms with van der Waals surface area (Å²) in [5.74, 6) is 1.98. The van der Waals surface area contributed by atoms with Crippen LogP contribution in [0.4, 0.5) is 5.82 Å². The summed E-state index contributed by atoms with van der Waals surface area (Å²) in [5, 5.41) is 3.80. The second-order valence-corrected chi connectivity index (χ2v) is 4.52. The Kier molecular flexibility index (Phi) is 6.50. The van der Waals surface area contributed by atoms with Crippen molar-refractivity contribution in [3.63, 3.8) is 0 Å². The van der Waals surface area contributed by atoms with E-state index in [-0.39, 0.29) is 0 Å². The average Bonchev–Trinajstić information content (AvgIpc) is 2.28. The molecular formula is C11H17Cl2N3. The van der Waals surface area contributed by atoms with E-state index < -0.39 is 0 Å². The number of halogens is 2. The highest BCUT2D eigenvalue weighted by Crippen LogP contribution is 2.18. The molecule has 0 aliphatic carbocycles. The van der Waals surface area contributed by atoms with Crippen molar-refractivity contribution in [1.82, 2.24) is 9.97 Å². The number of alkyl halides is 1. The van der Waals surface area contributed by atoms with E-state index >= 15 is 0 Å². The lowest BCUT2D eigenvalue weighted by Crippen LogP contribution is -2.15. The van der Waals surface area contributed by atoms with Crippen molar-refractivity contribution in [2.75, 3.05) is 17.7 Å². The van der Waals surface area contributed by atoms with Gasteiger partial charge in [-0.1, -0.05) is 24.9 Å². The Hall–Kier alpha value is -0.540. The van der Waals surface area contributed by atoms with E-state index in [1.165, 1.54) is 19.2 Å². The average molecular weight is 262 g/mol. The summed E-state index contributed by atoms with van der Waals surface area (Å²) in [6, 6.07) is 0. The van der Waals surface area contributed by atoms with Gasteiger partial charge in [0.15, 0.2) is 0 Å². The van der Waals surface area contributed by atoms with E-state index in [2.05, 4.69) is 22.2 Å². The Morgan fingerprint density at radius 3 is 2.88 bits per heavy atom. The first-order valence-electron chi connectivity index (χ1n) is 5.53. The fourth-order valence-electron chi connectivity index (χ4n) is 1.59. The van der Waals surface area contributed by atoms with Gasteiger partial charge in [0.25, 0.3) is 0 Å². The summed E-state index contributed by atoms with van der Waals surface area (Å²) in [4.78, 5) is 7.92. The van der Waals surface area contributed by atoms with Gasteiger partial charge in [-0.15, -0.1) is 11.6 Å². The maximum absolute atomic E-state index is 5.95. The monoisotopic (exact) mass is 261 g/mol. The van der Waals surface area contributed by atoms with Gasteiger partial charge in [0, 0.05) is 12.4 Å². The minimum absolute atomic E-state index is 0.559. The summed E-state index contributed by atoms with van der Waals surface area (Å²) in [5.41, 5.74) is 0. The Bertz CT molecular complexity index is 301. The summed E-state index contributed by atoms with van der Waals surface area (Å²) < 4.78 is 0. The number of anilines is 1. The van der Waals surface area contributed by atoms with Crippen molar-refractivity contribution in [2.24, 2.45) is 5.92 Å². The van der Waals surface area contributed by atoms with Gasteiger partial charge in [-0.2, -0.15) is 0 Å². The zero-order valence-corrected chi connectivity index (χ0v) is 10.9. The second kappa shape index (κ2) is 7.69. The summed E-state index contributed by atoms with van der Waals surface area (Å²) in [7, 11) is 0. The summed E-state index contributed by atoms with van der Waals surface area (Å²) in [6.45, 7) is 3.04. The third-order valence-corrected chi connectivity index (χ3v) is 2.93. The van der Waals surface area contributed by atoms with E-state index in [4.69, 9.17) is 23.2 Å². The van der Waals surface area contributed by atoms with Crippen LogP contribution in [0.1, 0.15) is 26.2 Å². The minimum Gasteiger partial charge on any atom is -0.368 e. The van der Waals surface area contributed by atoms with Crippen LogP contribution in [0.2, 0.25) is 5.02 Å². The van der Waals surface area contributed by atoms with Crippen LogP contribution in [0.15, 0.2) is 12.5 Å². The molecule has 0 radical (unpaired) electrons. The van der Waals surface area contributed by atoms with Gasteiger partial charge < -0.3 is 5.32 Å². The highest BCUT2D eigenvalue weighted by molar-refractivity contribution is 6.32. The van der Waals surface area contributed by atoms with Crippen LogP contribution >= 0.6 is 23.2 Å². The predicted octanol–water partition coefficient (Wildman–Crippen LogP) is 3.59. The molecule has 0 saturated carbocycles. The van der Waals surface area contributed by atoms with Crippen LogP contribution in [-0.2, 0) is 0 Å². The molecule has 1 rings (SSSR count). The SMILES string of the molecule is CCCC(CCCl)CNc1ncncc1Cl. The van der Waals surface area contributed by atoms with Gasteiger partial charge in [0.2, 0.25) is 0 Å². The van der Waals surface area contributed by atoms with Crippen LogP contribution in [0.25, 0.3) is 0 Å². The smallest absolute Gasteiger partial charge is 0.148 e. The van der Waals surface area contributed by atoms with Crippen molar-refractivity contribution in [1.29, 1.82) is 0 Å². The van der Waals surface area contributed by atoms with Crippen LogP contribution in [0.5, 0.6) is 0 Å². The number of hydrogen-bond donors (Lipinski definition) is 1. The van der Waals surface area contributed by atoms with Gasteiger partial charge in [0.1, 0.15) is 17.2 Å². The predicted molar refractivity (Wildman–Crippen MR) is 69.3 cm³/mol. The van der Waals surface area contributed by atoms with Crippen molar-refractivity contribution in [3.8, 4) is 0 Å². The molecule has 0 aliphatic rings. The molecule has 90 valence electrons. The van der Waals surface area contributed by atoms with E-state index in [9.17, 15) is 0 Å². The number of rotatable bonds is 7. The largest absolute Gasteiger partial charge is 0.368 e. The molecule has 0 aromatic carbocycles. The van der Waals surface area contributed by atoms with E-state index in [1.54, 1.807) is 6.20 Å². The highest BCUT2D eigenvalue weighted by Gasteiger charge is 2.08. The number of aromatic nitrogens is 2. The van der Waals surface area contributed by atoms with Crippen LogP contribution in [0.3, 0.4) is 0 Å². The quantitative estimate of drug-likeness (QED) is 0.763. The Labute approximate surface area is 107 Å². The van der Waals surface area contributed by atoms with Crippen molar-refractivity contribution >= 4 is 29.0 Å². The molecule has 16 heavy (non-hydrogen) atoms. The lowest BCUT2D eigenvalue weighted by Gasteiger charge is -2.16. The van der Waals surface area contributed by atoms with Crippen LogP contribution < -0.4 is 5.32 Å². The van der Waals surface area contributed by atoms with Crippen molar-refractivity contribution < 1.29 is 0 Å². The maximum atomic E-state index is 5.95. The third-order valence-electron chi connectivity index (χ3n) is 2.44. The fourth-order valence-corrected chi connectivity index (χ4v) is 2.08. The second-order valence-electron chi connectivity index (χ2n) is 3.73. The molecule has 5 heteroatoms. The van der Waals surface area contributed by atoms with Crippen LogP contribution in [0, 0.1) is 5.92 Å². The maximum Gasteiger partial charge on any atom is 0.148 e. The molecule has 1 atom stereocenters. The number of nitrogens with zero attached hydrogens (tertiary/aromatic N) is 2. The first kappa shape index (κ1) is 13.5. The Morgan fingerprint density at radius 1 is 1.44 bits per heavy atom. The molecule has 0 amide bonds.